The Morgan fingerprint density at radius 1 is 0.828 bits per heavy atom. The van der Waals surface area contributed by atoms with Crippen molar-refractivity contribution in [3.63, 3.8) is 0 Å². The van der Waals surface area contributed by atoms with Gasteiger partial charge in [-0.2, -0.15) is 0 Å². The number of benzene rings is 2. The van der Waals surface area contributed by atoms with Gasteiger partial charge in [0.15, 0.2) is 0 Å². The minimum absolute atomic E-state index is 0.305. The maximum atomic E-state index is 7.38. The van der Waals surface area contributed by atoms with E-state index in [1.54, 1.807) is 14.0 Å². The van der Waals surface area contributed by atoms with Crippen molar-refractivity contribution < 1.29 is 14.9 Å². The van der Waals surface area contributed by atoms with Crippen molar-refractivity contribution in [1.29, 1.82) is 0 Å². The summed E-state index contributed by atoms with van der Waals surface area (Å²) >= 11 is 0. The van der Waals surface area contributed by atoms with Crippen molar-refractivity contribution in [2.24, 2.45) is 5.92 Å². The summed E-state index contributed by atoms with van der Waals surface area (Å²) in [6.45, 7) is 10.5. The first-order chi connectivity index (χ1) is 14.1. The molecule has 2 aromatic rings. The standard InChI is InChI=1S/C21H24O.C3H8.C2H6O2/c1-4-9-17(10-5-2)21(18-11-7-6-8-12-18)19-13-15-20(22-3)16-14-19;1-3-2;1-2-4-3/h4-17,21H,1-3H3;3H2,1-2H3;3H,2H2,1H3/b9-4+,10-5+;;. The Morgan fingerprint density at radius 3 is 1.66 bits per heavy atom. The van der Waals surface area contributed by atoms with Crippen LogP contribution in [-0.4, -0.2) is 19.0 Å². The average molecular weight is 399 g/mol. The molecule has 2 rings (SSSR count). The largest absolute Gasteiger partial charge is 0.497 e. The van der Waals surface area contributed by atoms with Gasteiger partial charge in [-0.3, -0.25) is 5.26 Å². The second-order valence-corrected chi connectivity index (χ2v) is 6.42. The van der Waals surface area contributed by atoms with Crippen LogP contribution in [0.25, 0.3) is 0 Å². The molecule has 0 aromatic heterocycles. The zero-order valence-electron chi connectivity index (χ0n) is 18.8. The third-order valence-corrected chi connectivity index (χ3v) is 3.98. The molecular formula is C26H38O3. The molecule has 0 fully saturated rings. The van der Waals surface area contributed by atoms with Gasteiger partial charge in [-0.25, -0.2) is 4.89 Å². The summed E-state index contributed by atoms with van der Waals surface area (Å²) in [5.74, 6) is 1.54. The van der Waals surface area contributed by atoms with E-state index >= 15 is 0 Å². The Hall–Kier alpha value is -2.36. The van der Waals surface area contributed by atoms with Crippen LogP contribution in [0.2, 0.25) is 0 Å². The topological polar surface area (TPSA) is 38.7 Å². The molecule has 3 nitrogen and oxygen atoms in total. The molecule has 0 aliphatic heterocycles. The molecule has 3 heteroatoms. The summed E-state index contributed by atoms with van der Waals surface area (Å²) in [5, 5.41) is 7.38. The molecule has 2 aromatic carbocycles. The Balaban J connectivity index is 0.000000975. The SMILES string of the molecule is C/C=C/C(/C=C/C)C(c1ccccc1)c1ccc(OC)cc1.CCC.CCOO. The number of methoxy groups -OCH3 is 1. The van der Waals surface area contributed by atoms with Gasteiger partial charge in [0.25, 0.3) is 0 Å². The number of hydrogen-bond donors (Lipinski definition) is 1. The van der Waals surface area contributed by atoms with Gasteiger partial charge in [-0.15, -0.1) is 0 Å². The van der Waals surface area contributed by atoms with E-state index < -0.39 is 0 Å². The summed E-state index contributed by atoms with van der Waals surface area (Å²) in [6.07, 6.45) is 10.0. The monoisotopic (exact) mass is 398 g/mol. The van der Waals surface area contributed by atoms with E-state index in [2.05, 4.69) is 99.4 Å². The van der Waals surface area contributed by atoms with Crippen LogP contribution in [0.4, 0.5) is 0 Å². The average Bonchev–Trinajstić information content (AvgIpc) is 2.76. The highest BCUT2D eigenvalue weighted by molar-refractivity contribution is 5.38. The van der Waals surface area contributed by atoms with Gasteiger partial charge in [0.05, 0.1) is 13.7 Å². The summed E-state index contributed by atoms with van der Waals surface area (Å²) in [4.78, 5) is 3.54. The van der Waals surface area contributed by atoms with Crippen LogP contribution in [0.5, 0.6) is 5.75 Å². The molecule has 0 spiro atoms. The van der Waals surface area contributed by atoms with Crippen LogP contribution in [-0.2, 0) is 4.89 Å². The van der Waals surface area contributed by atoms with E-state index in [1.165, 1.54) is 17.5 Å². The third-order valence-electron chi connectivity index (χ3n) is 3.98. The predicted octanol–water partition coefficient (Wildman–Crippen LogP) is 7.51. The second-order valence-electron chi connectivity index (χ2n) is 6.42. The van der Waals surface area contributed by atoms with E-state index in [0.717, 1.165) is 5.75 Å². The van der Waals surface area contributed by atoms with Gasteiger partial charge in [-0.05, 0) is 44.0 Å². The maximum Gasteiger partial charge on any atom is 0.118 e. The van der Waals surface area contributed by atoms with Crippen LogP contribution >= 0.6 is 0 Å². The van der Waals surface area contributed by atoms with Crippen LogP contribution < -0.4 is 4.74 Å². The summed E-state index contributed by atoms with van der Waals surface area (Å²) < 4.78 is 5.28. The van der Waals surface area contributed by atoms with Crippen LogP contribution in [0.1, 0.15) is 58.1 Å². The number of hydrogen-bond acceptors (Lipinski definition) is 3. The van der Waals surface area contributed by atoms with Crippen LogP contribution in [0.3, 0.4) is 0 Å². The summed E-state index contributed by atoms with van der Waals surface area (Å²) in [7, 11) is 1.70. The molecule has 29 heavy (non-hydrogen) atoms. The molecule has 1 atom stereocenters. The van der Waals surface area contributed by atoms with Gasteiger partial charge in [0.2, 0.25) is 0 Å². The molecular weight excluding hydrogens is 360 g/mol. The Bertz CT molecular complexity index is 646. The molecule has 1 unspecified atom stereocenters. The molecule has 0 aliphatic carbocycles. The van der Waals surface area contributed by atoms with E-state index in [9.17, 15) is 0 Å². The molecule has 160 valence electrons. The van der Waals surface area contributed by atoms with Gasteiger partial charge in [0.1, 0.15) is 5.75 Å². The second kappa shape index (κ2) is 17.7. The molecule has 1 N–H and O–H groups in total. The number of ether oxygens (including phenoxy) is 1. The normalized spacial score (nSPS) is 11.6. The number of rotatable bonds is 7. The maximum absolute atomic E-state index is 7.38. The molecule has 0 saturated carbocycles. The zero-order chi connectivity index (χ0) is 21.9. The summed E-state index contributed by atoms with van der Waals surface area (Å²) in [5.41, 5.74) is 2.63. The van der Waals surface area contributed by atoms with Crippen molar-refractivity contribution in [1.82, 2.24) is 0 Å². The lowest BCUT2D eigenvalue weighted by molar-refractivity contribution is -0.237. The molecule has 0 aliphatic rings. The summed E-state index contributed by atoms with van der Waals surface area (Å²) in [6, 6.07) is 19.1. The molecule has 0 saturated heterocycles. The first-order valence-electron chi connectivity index (χ1n) is 10.3. The highest BCUT2D eigenvalue weighted by atomic mass is 17.1. The molecule has 0 bridgehead atoms. The van der Waals surface area contributed by atoms with E-state index in [1.807, 2.05) is 12.1 Å². The Labute approximate surface area is 177 Å². The Morgan fingerprint density at radius 2 is 1.28 bits per heavy atom. The minimum atomic E-state index is 0.305. The van der Waals surface area contributed by atoms with E-state index in [-0.39, 0.29) is 0 Å². The van der Waals surface area contributed by atoms with Gasteiger partial charge < -0.3 is 4.74 Å². The van der Waals surface area contributed by atoms with Crippen LogP contribution in [0.15, 0.2) is 78.9 Å². The zero-order valence-corrected chi connectivity index (χ0v) is 18.8. The van der Waals surface area contributed by atoms with Crippen molar-refractivity contribution in [2.45, 2.75) is 47.0 Å². The highest BCUT2D eigenvalue weighted by Gasteiger charge is 2.20. The fraction of sp³-hybridized carbons (Fsp3) is 0.385. The van der Waals surface area contributed by atoms with Crippen LogP contribution in [0, 0.1) is 5.92 Å². The van der Waals surface area contributed by atoms with Crippen molar-refractivity contribution >= 4 is 0 Å². The first-order valence-corrected chi connectivity index (χ1v) is 10.3. The Kier molecular flexibility index (Phi) is 16.3. The fourth-order valence-electron chi connectivity index (χ4n) is 2.84. The van der Waals surface area contributed by atoms with E-state index in [0.29, 0.717) is 18.4 Å². The third kappa shape index (κ3) is 10.7. The predicted molar refractivity (Wildman–Crippen MR) is 125 cm³/mol. The van der Waals surface area contributed by atoms with Gasteiger partial charge in [0, 0.05) is 11.8 Å². The smallest absolute Gasteiger partial charge is 0.118 e. The van der Waals surface area contributed by atoms with Gasteiger partial charge >= 0.3 is 0 Å². The molecule has 0 amide bonds. The lowest BCUT2D eigenvalue weighted by Crippen LogP contribution is -2.10. The quantitative estimate of drug-likeness (QED) is 0.298. The molecule has 0 radical (unpaired) electrons. The lowest BCUT2D eigenvalue weighted by Gasteiger charge is -2.24. The van der Waals surface area contributed by atoms with Gasteiger partial charge in [-0.1, -0.05) is 87.0 Å². The molecule has 0 heterocycles. The van der Waals surface area contributed by atoms with Crippen molar-refractivity contribution in [3.05, 3.63) is 90.0 Å². The van der Waals surface area contributed by atoms with E-state index in [4.69, 9.17) is 9.99 Å². The first kappa shape index (κ1) is 26.6. The fourth-order valence-corrected chi connectivity index (χ4v) is 2.84. The highest BCUT2D eigenvalue weighted by Crippen LogP contribution is 2.34. The number of allylic oxidation sites excluding steroid dienone is 4. The minimum Gasteiger partial charge on any atom is -0.497 e. The lowest BCUT2D eigenvalue weighted by atomic mass is 9.80. The van der Waals surface area contributed by atoms with Crippen molar-refractivity contribution in [2.75, 3.05) is 13.7 Å². The van der Waals surface area contributed by atoms with Crippen molar-refractivity contribution in [3.8, 4) is 5.75 Å².